The Morgan fingerprint density at radius 2 is 2.47 bits per heavy atom. The van der Waals surface area contributed by atoms with Gasteiger partial charge in [0.1, 0.15) is 0 Å². The van der Waals surface area contributed by atoms with Crippen LogP contribution in [-0.2, 0) is 4.74 Å². The van der Waals surface area contributed by atoms with Gasteiger partial charge in [0.15, 0.2) is 0 Å². The van der Waals surface area contributed by atoms with Gasteiger partial charge in [0.05, 0.1) is 21.8 Å². The number of halogens is 1. The number of hydrogen-bond donors (Lipinski definition) is 1. The summed E-state index contributed by atoms with van der Waals surface area (Å²) in [6.07, 6.45) is 5.40. The van der Waals surface area contributed by atoms with E-state index in [0.717, 1.165) is 32.4 Å². The first kappa shape index (κ1) is 13.4. The maximum atomic E-state index is 5.47. The van der Waals surface area contributed by atoms with Crippen molar-refractivity contribution >= 4 is 33.9 Å². The van der Waals surface area contributed by atoms with E-state index in [1.54, 1.807) is 0 Å². The maximum Gasteiger partial charge on any atom is 0.0876 e. The quantitative estimate of drug-likeness (QED) is 0.796. The number of nitrogens with one attached hydrogen (secondary N) is 1. The lowest BCUT2D eigenvalue weighted by Crippen LogP contribution is -2.25. The number of rotatable bonds is 5. The van der Waals surface area contributed by atoms with Crippen molar-refractivity contribution in [2.24, 2.45) is 0 Å². The molecule has 0 spiro atoms. The van der Waals surface area contributed by atoms with Crippen molar-refractivity contribution in [1.29, 1.82) is 0 Å². The van der Waals surface area contributed by atoms with Gasteiger partial charge in [-0.15, -0.1) is 11.3 Å². The van der Waals surface area contributed by atoms with E-state index in [-0.39, 0.29) is 0 Å². The highest BCUT2D eigenvalue weighted by atomic mass is 127. The third kappa shape index (κ3) is 3.69. The van der Waals surface area contributed by atoms with Gasteiger partial charge in [0.2, 0.25) is 0 Å². The zero-order chi connectivity index (χ0) is 12.1. The van der Waals surface area contributed by atoms with Crippen LogP contribution < -0.4 is 5.32 Å². The molecule has 4 heteroatoms. The Morgan fingerprint density at radius 1 is 1.59 bits per heavy atom. The molecule has 1 aliphatic rings. The average molecular weight is 363 g/mol. The van der Waals surface area contributed by atoms with Gasteiger partial charge in [0.25, 0.3) is 0 Å². The Labute approximate surface area is 121 Å². The van der Waals surface area contributed by atoms with E-state index in [1.807, 2.05) is 17.6 Å². The molecule has 0 saturated carbocycles. The smallest absolute Gasteiger partial charge is 0.0876 e. The van der Waals surface area contributed by atoms with Gasteiger partial charge < -0.3 is 10.1 Å². The fourth-order valence-electron chi connectivity index (χ4n) is 2.02. The van der Waals surface area contributed by atoms with Gasteiger partial charge in [-0.3, -0.25) is 0 Å². The molecule has 1 aromatic rings. The lowest BCUT2D eigenvalue weighted by atomic mass is 9.97. The maximum absolute atomic E-state index is 5.47. The molecule has 0 fully saturated rings. The van der Waals surface area contributed by atoms with E-state index >= 15 is 0 Å². The van der Waals surface area contributed by atoms with Crippen LogP contribution in [0.3, 0.4) is 0 Å². The number of ether oxygens (including phenoxy) is 1. The topological polar surface area (TPSA) is 21.3 Å². The molecule has 0 radical (unpaired) electrons. The highest BCUT2D eigenvalue weighted by Crippen LogP contribution is 2.31. The fraction of sp³-hybridized carbons (Fsp3) is 0.538. The third-order valence-electron chi connectivity index (χ3n) is 2.85. The van der Waals surface area contributed by atoms with Crippen molar-refractivity contribution in [1.82, 2.24) is 5.32 Å². The summed E-state index contributed by atoms with van der Waals surface area (Å²) in [4.78, 5) is 0. The molecule has 1 aliphatic heterocycles. The Hall–Kier alpha value is -0.0700. The first-order valence-electron chi connectivity index (χ1n) is 6.09. The second-order valence-electron chi connectivity index (χ2n) is 4.24. The largest absolute Gasteiger partial charge is 0.501 e. The zero-order valence-electron chi connectivity index (χ0n) is 10.0. The highest BCUT2D eigenvalue weighted by Gasteiger charge is 2.19. The van der Waals surface area contributed by atoms with Crippen LogP contribution in [0.15, 0.2) is 23.3 Å². The summed E-state index contributed by atoms with van der Waals surface area (Å²) in [5, 5.41) is 5.88. The molecule has 0 aliphatic carbocycles. The minimum absolute atomic E-state index is 0.343. The molecule has 0 amide bonds. The Kier molecular flexibility index (Phi) is 5.31. The number of hydrogen-bond acceptors (Lipinski definition) is 3. The lowest BCUT2D eigenvalue weighted by molar-refractivity contribution is 0.219. The molecule has 2 heterocycles. The van der Waals surface area contributed by atoms with Crippen LogP contribution in [0.4, 0.5) is 0 Å². The molecular formula is C13H18INOS. The summed E-state index contributed by atoms with van der Waals surface area (Å²) < 4.78 is 6.82. The van der Waals surface area contributed by atoms with E-state index < -0.39 is 0 Å². The highest BCUT2D eigenvalue weighted by molar-refractivity contribution is 14.1. The molecule has 1 N–H and O–H groups in total. The van der Waals surface area contributed by atoms with Gasteiger partial charge in [-0.25, -0.2) is 0 Å². The van der Waals surface area contributed by atoms with E-state index in [0.29, 0.717) is 6.04 Å². The normalized spacial score (nSPS) is 17.4. The van der Waals surface area contributed by atoms with Gasteiger partial charge in [-0.05, 0) is 71.0 Å². The molecule has 2 rings (SSSR count). The van der Waals surface area contributed by atoms with Crippen molar-refractivity contribution in [3.63, 3.8) is 0 Å². The third-order valence-corrected chi connectivity index (χ3v) is 4.66. The fourth-order valence-corrected chi connectivity index (χ4v) is 3.42. The van der Waals surface area contributed by atoms with Crippen molar-refractivity contribution in [3.05, 3.63) is 31.7 Å². The predicted molar refractivity (Wildman–Crippen MR) is 81.3 cm³/mol. The van der Waals surface area contributed by atoms with E-state index in [2.05, 4.69) is 46.3 Å². The second kappa shape index (κ2) is 6.75. The van der Waals surface area contributed by atoms with Crippen LogP contribution in [0.1, 0.15) is 37.8 Å². The van der Waals surface area contributed by atoms with Gasteiger partial charge in [-0.1, -0.05) is 6.92 Å². The molecule has 1 unspecified atom stereocenters. The zero-order valence-corrected chi connectivity index (χ0v) is 13.0. The van der Waals surface area contributed by atoms with E-state index in [9.17, 15) is 0 Å². The summed E-state index contributed by atoms with van der Waals surface area (Å²) in [5.74, 6) is 0. The van der Waals surface area contributed by atoms with Crippen LogP contribution in [0.25, 0.3) is 0 Å². The Balaban J connectivity index is 2.15. The Bertz CT molecular complexity index is 389. The van der Waals surface area contributed by atoms with Crippen molar-refractivity contribution < 1.29 is 4.74 Å². The molecule has 0 bridgehead atoms. The summed E-state index contributed by atoms with van der Waals surface area (Å²) >= 11 is 4.19. The van der Waals surface area contributed by atoms with Gasteiger partial charge in [0, 0.05) is 0 Å². The molecule has 94 valence electrons. The monoisotopic (exact) mass is 363 g/mol. The molecular weight excluding hydrogens is 345 g/mol. The standard InChI is InChI=1S/C13H18INOS/c1-2-5-15-13(10-4-3-6-16-8-10)11-7-12(14)17-9-11/h7-9,13,15H,2-6H2,1H3. The average Bonchev–Trinajstić information content (AvgIpc) is 2.78. The van der Waals surface area contributed by atoms with Gasteiger partial charge >= 0.3 is 0 Å². The summed E-state index contributed by atoms with van der Waals surface area (Å²) in [6, 6.07) is 2.61. The minimum Gasteiger partial charge on any atom is -0.501 e. The number of thiophene rings is 1. The van der Waals surface area contributed by atoms with Crippen molar-refractivity contribution in [3.8, 4) is 0 Å². The first-order valence-corrected chi connectivity index (χ1v) is 8.05. The first-order chi connectivity index (χ1) is 8.31. The molecule has 1 atom stereocenters. The summed E-state index contributed by atoms with van der Waals surface area (Å²) in [6.45, 7) is 4.12. The van der Waals surface area contributed by atoms with Crippen LogP contribution in [0, 0.1) is 2.88 Å². The lowest BCUT2D eigenvalue weighted by Gasteiger charge is -2.23. The van der Waals surface area contributed by atoms with Crippen LogP contribution in [0.2, 0.25) is 0 Å². The Morgan fingerprint density at radius 3 is 3.06 bits per heavy atom. The van der Waals surface area contributed by atoms with E-state index in [1.165, 1.54) is 14.0 Å². The second-order valence-corrected chi connectivity index (χ2v) is 7.04. The molecule has 2 nitrogen and oxygen atoms in total. The van der Waals surface area contributed by atoms with Crippen LogP contribution in [0.5, 0.6) is 0 Å². The summed E-state index contributed by atoms with van der Waals surface area (Å²) in [5.41, 5.74) is 2.77. The molecule has 17 heavy (non-hydrogen) atoms. The van der Waals surface area contributed by atoms with Crippen molar-refractivity contribution in [2.75, 3.05) is 13.2 Å². The SMILES string of the molecule is CCCNC(C1=COCCC1)c1csc(I)c1. The molecule has 0 saturated heterocycles. The predicted octanol–water partition coefficient (Wildman–Crippen LogP) is 4.09. The van der Waals surface area contributed by atoms with Gasteiger partial charge in [-0.2, -0.15) is 0 Å². The minimum atomic E-state index is 0.343. The van der Waals surface area contributed by atoms with Crippen LogP contribution in [-0.4, -0.2) is 13.2 Å². The van der Waals surface area contributed by atoms with E-state index in [4.69, 9.17) is 4.74 Å². The van der Waals surface area contributed by atoms with Crippen LogP contribution >= 0.6 is 33.9 Å². The van der Waals surface area contributed by atoms with Crippen molar-refractivity contribution in [2.45, 2.75) is 32.2 Å². The molecule has 1 aromatic heterocycles. The molecule has 0 aromatic carbocycles. The summed E-state index contributed by atoms with van der Waals surface area (Å²) in [7, 11) is 0.